The van der Waals surface area contributed by atoms with Crippen LogP contribution in [-0.4, -0.2) is 49.1 Å². The van der Waals surface area contributed by atoms with Gasteiger partial charge in [-0.25, -0.2) is 8.42 Å². The van der Waals surface area contributed by atoms with E-state index < -0.39 is 9.84 Å². The number of hydrogen-bond acceptors (Lipinski definition) is 4. The van der Waals surface area contributed by atoms with E-state index in [1.807, 2.05) is 48.2 Å². The van der Waals surface area contributed by atoms with Crippen molar-refractivity contribution < 1.29 is 13.2 Å². The van der Waals surface area contributed by atoms with Crippen molar-refractivity contribution in [2.45, 2.75) is 56.1 Å². The molecule has 32 heavy (non-hydrogen) atoms. The minimum absolute atomic E-state index is 0.0511. The third-order valence-electron chi connectivity index (χ3n) is 6.37. The third-order valence-corrected chi connectivity index (χ3v) is 7.48. The van der Waals surface area contributed by atoms with Gasteiger partial charge >= 0.3 is 0 Å². The van der Waals surface area contributed by atoms with E-state index in [1.54, 1.807) is 18.2 Å². The number of carbonyl (C=O) groups excluding carboxylic acids is 1. The predicted octanol–water partition coefficient (Wildman–Crippen LogP) is 4.13. The van der Waals surface area contributed by atoms with Crippen LogP contribution in [-0.2, 0) is 16.4 Å². The smallest absolute Gasteiger partial charge is 0.270 e. The SMILES string of the molecule is CCN(C(=O)c1cc2ccccc2[nH]1)[C@H]1CCC[C@@H](NCc2cccc(S(C)(=O)=O)c2)C1. The molecule has 2 aromatic carbocycles. The van der Waals surface area contributed by atoms with Crippen LogP contribution in [0.25, 0.3) is 10.9 Å². The molecule has 2 atom stereocenters. The van der Waals surface area contributed by atoms with Crippen LogP contribution in [0.3, 0.4) is 0 Å². The van der Waals surface area contributed by atoms with Gasteiger partial charge in [0.1, 0.15) is 5.69 Å². The minimum atomic E-state index is -3.21. The first kappa shape index (κ1) is 22.6. The molecule has 0 saturated heterocycles. The number of amides is 1. The molecular formula is C25H31N3O3S. The number of carbonyl (C=O) groups is 1. The average molecular weight is 454 g/mol. The maximum Gasteiger partial charge on any atom is 0.270 e. The molecule has 0 radical (unpaired) electrons. The summed E-state index contributed by atoms with van der Waals surface area (Å²) in [6.07, 6.45) is 5.24. The molecule has 4 rings (SSSR count). The molecule has 1 aromatic heterocycles. The number of hydrogen-bond donors (Lipinski definition) is 2. The molecule has 3 aromatic rings. The van der Waals surface area contributed by atoms with E-state index >= 15 is 0 Å². The van der Waals surface area contributed by atoms with Crippen molar-refractivity contribution in [1.82, 2.24) is 15.2 Å². The Morgan fingerprint density at radius 1 is 1.12 bits per heavy atom. The molecule has 1 amide bonds. The summed E-state index contributed by atoms with van der Waals surface area (Å²) in [7, 11) is -3.21. The molecule has 1 aliphatic rings. The number of rotatable bonds is 7. The Balaban J connectivity index is 1.41. The number of fused-ring (bicyclic) bond motifs is 1. The van der Waals surface area contributed by atoms with Crippen LogP contribution in [0.2, 0.25) is 0 Å². The summed E-state index contributed by atoms with van der Waals surface area (Å²) in [5.41, 5.74) is 2.57. The molecule has 0 bridgehead atoms. The van der Waals surface area contributed by atoms with E-state index in [-0.39, 0.29) is 11.9 Å². The summed E-state index contributed by atoms with van der Waals surface area (Å²) in [5.74, 6) is 0.0511. The lowest BCUT2D eigenvalue weighted by Crippen LogP contribution is -2.46. The van der Waals surface area contributed by atoms with Crippen LogP contribution < -0.4 is 5.32 Å². The van der Waals surface area contributed by atoms with Gasteiger partial charge in [0, 0.05) is 42.3 Å². The maximum absolute atomic E-state index is 13.3. The van der Waals surface area contributed by atoms with E-state index in [0.29, 0.717) is 29.7 Å². The van der Waals surface area contributed by atoms with Crippen LogP contribution in [0.4, 0.5) is 0 Å². The lowest BCUT2D eigenvalue weighted by molar-refractivity contribution is 0.0623. The first-order chi connectivity index (χ1) is 15.3. The first-order valence-electron chi connectivity index (χ1n) is 11.3. The number of sulfone groups is 1. The van der Waals surface area contributed by atoms with Gasteiger partial charge < -0.3 is 15.2 Å². The van der Waals surface area contributed by atoms with Gasteiger partial charge in [-0.15, -0.1) is 0 Å². The lowest BCUT2D eigenvalue weighted by Gasteiger charge is -2.37. The Morgan fingerprint density at radius 2 is 1.94 bits per heavy atom. The minimum Gasteiger partial charge on any atom is -0.351 e. The van der Waals surface area contributed by atoms with Gasteiger partial charge in [0.2, 0.25) is 0 Å². The largest absolute Gasteiger partial charge is 0.351 e. The maximum atomic E-state index is 13.3. The molecule has 170 valence electrons. The fourth-order valence-corrected chi connectivity index (χ4v) is 5.38. The molecular weight excluding hydrogens is 422 g/mol. The fourth-order valence-electron chi connectivity index (χ4n) is 4.69. The second-order valence-corrected chi connectivity index (χ2v) is 10.7. The van der Waals surface area contributed by atoms with E-state index in [4.69, 9.17) is 0 Å². The summed E-state index contributed by atoms with van der Waals surface area (Å²) in [6.45, 7) is 3.32. The molecule has 7 heteroatoms. The van der Waals surface area contributed by atoms with Gasteiger partial charge in [0.15, 0.2) is 9.84 Å². The molecule has 1 aliphatic carbocycles. The highest BCUT2D eigenvalue weighted by Gasteiger charge is 2.30. The first-order valence-corrected chi connectivity index (χ1v) is 13.2. The molecule has 1 fully saturated rings. The topological polar surface area (TPSA) is 82.3 Å². The number of para-hydroxylation sites is 1. The molecule has 1 saturated carbocycles. The fraction of sp³-hybridized carbons (Fsp3) is 0.400. The molecule has 0 spiro atoms. The van der Waals surface area contributed by atoms with Crippen molar-refractivity contribution in [3.8, 4) is 0 Å². The standard InChI is InChI=1S/C25H31N3O3S/c1-3-28(25(29)24-15-19-9-4-5-13-23(19)27-24)21-11-7-10-20(16-21)26-17-18-8-6-12-22(14-18)32(2,30)31/h4-6,8-9,12-15,20-21,26-27H,3,7,10-11,16-17H2,1-2H3/t20-,21+/m1/s1. The number of aromatic amines is 1. The summed E-state index contributed by atoms with van der Waals surface area (Å²) < 4.78 is 23.6. The monoisotopic (exact) mass is 453 g/mol. The molecule has 2 N–H and O–H groups in total. The normalized spacial score (nSPS) is 19.2. The van der Waals surface area contributed by atoms with E-state index in [0.717, 1.165) is 42.1 Å². The zero-order chi connectivity index (χ0) is 22.7. The Hall–Kier alpha value is -2.64. The van der Waals surface area contributed by atoms with Gasteiger partial charge in [-0.1, -0.05) is 30.3 Å². The van der Waals surface area contributed by atoms with Crippen molar-refractivity contribution in [1.29, 1.82) is 0 Å². The summed E-state index contributed by atoms with van der Waals surface area (Å²) >= 11 is 0. The van der Waals surface area contributed by atoms with Crippen molar-refractivity contribution in [3.63, 3.8) is 0 Å². The van der Waals surface area contributed by atoms with Crippen LogP contribution in [0.15, 0.2) is 59.5 Å². The van der Waals surface area contributed by atoms with Gasteiger partial charge in [0.05, 0.1) is 4.90 Å². The molecule has 0 aliphatic heterocycles. The Labute approximate surface area is 189 Å². The summed E-state index contributed by atoms with van der Waals surface area (Å²) in [4.78, 5) is 18.9. The third kappa shape index (κ3) is 5.05. The zero-order valence-corrected chi connectivity index (χ0v) is 19.5. The molecule has 1 heterocycles. The van der Waals surface area contributed by atoms with Crippen LogP contribution in [0, 0.1) is 0 Å². The molecule has 6 nitrogen and oxygen atoms in total. The number of benzene rings is 2. The van der Waals surface area contributed by atoms with Crippen LogP contribution in [0.5, 0.6) is 0 Å². The quantitative estimate of drug-likeness (QED) is 0.563. The molecule has 0 unspecified atom stereocenters. The van der Waals surface area contributed by atoms with Crippen LogP contribution in [0.1, 0.15) is 48.7 Å². The van der Waals surface area contributed by atoms with E-state index in [1.165, 1.54) is 6.26 Å². The highest BCUT2D eigenvalue weighted by Crippen LogP contribution is 2.26. The van der Waals surface area contributed by atoms with Crippen LogP contribution >= 0.6 is 0 Å². The van der Waals surface area contributed by atoms with E-state index in [9.17, 15) is 13.2 Å². The number of nitrogens with zero attached hydrogens (tertiary/aromatic N) is 1. The van der Waals surface area contributed by atoms with Gasteiger partial charge in [-0.05, 0) is 62.4 Å². The Bertz CT molecular complexity index is 1170. The zero-order valence-electron chi connectivity index (χ0n) is 18.7. The van der Waals surface area contributed by atoms with Gasteiger partial charge in [-0.2, -0.15) is 0 Å². The summed E-state index contributed by atoms with van der Waals surface area (Å²) in [5, 5.41) is 4.63. The summed E-state index contributed by atoms with van der Waals surface area (Å²) in [6, 6.07) is 17.5. The average Bonchev–Trinajstić information content (AvgIpc) is 3.22. The van der Waals surface area contributed by atoms with Gasteiger partial charge in [0.25, 0.3) is 5.91 Å². The number of H-pyrrole nitrogens is 1. The lowest BCUT2D eigenvalue weighted by atomic mass is 9.89. The van der Waals surface area contributed by atoms with Gasteiger partial charge in [-0.3, -0.25) is 4.79 Å². The van der Waals surface area contributed by atoms with Crippen molar-refractivity contribution in [3.05, 3.63) is 65.9 Å². The second-order valence-electron chi connectivity index (χ2n) is 8.68. The van der Waals surface area contributed by atoms with Crippen molar-refractivity contribution in [2.75, 3.05) is 12.8 Å². The van der Waals surface area contributed by atoms with Crippen molar-refractivity contribution in [2.24, 2.45) is 0 Å². The number of aromatic nitrogens is 1. The second kappa shape index (κ2) is 9.46. The number of nitrogens with one attached hydrogen (secondary N) is 2. The highest BCUT2D eigenvalue weighted by atomic mass is 32.2. The Morgan fingerprint density at radius 3 is 2.69 bits per heavy atom. The van der Waals surface area contributed by atoms with E-state index in [2.05, 4.69) is 10.3 Å². The van der Waals surface area contributed by atoms with Crippen molar-refractivity contribution >= 4 is 26.6 Å². The Kier molecular flexibility index (Phi) is 6.67. The highest BCUT2D eigenvalue weighted by molar-refractivity contribution is 7.90. The predicted molar refractivity (Wildman–Crippen MR) is 127 cm³/mol.